The van der Waals surface area contributed by atoms with Crippen LogP contribution in [-0.4, -0.2) is 31.5 Å². The number of anilines is 1. The third-order valence-corrected chi connectivity index (χ3v) is 4.82. The van der Waals surface area contributed by atoms with Crippen molar-refractivity contribution in [1.29, 1.82) is 0 Å². The minimum absolute atomic E-state index is 0.0594. The fourth-order valence-corrected chi connectivity index (χ4v) is 3.47. The molecule has 1 aromatic carbocycles. The average Bonchev–Trinajstić information content (AvgIpc) is 2.48. The zero-order chi connectivity index (χ0) is 14.7. The molecule has 1 unspecified atom stereocenters. The molecule has 0 radical (unpaired) electrons. The summed E-state index contributed by atoms with van der Waals surface area (Å²) in [7, 11) is 0. The first-order chi connectivity index (χ1) is 10.2. The number of rotatable bonds is 3. The van der Waals surface area contributed by atoms with E-state index in [-0.39, 0.29) is 5.60 Å². The Labute approximate surface area is 128 Å². The summed E-state index contributed by atoms with van der Waals surface area (Å²) in [6.45, 7) is 7.03. The molecule has 2 heterocycles. The Morgan fingerprint density at radius 2 is 2.00 bits per heavy atom. The molecule has 3 heteroatoms. The van der Waals surface area contributed by atoms with Gasteiger partial charge in [0.25, 0.3) is 0 Å². The Balaban J connectivity index is 1.65. The quantitative estimate of drug-likeness (QED) is 0.914. The van der Waals surface area contributed by atoms with E-state index in [1.807, 2.05) is 0 Å². The minimum Gasteiger partial charge on any atom is -0.382 e. The van der Waals surface area contributed by atoms with Crippen LogP contribution in [0.5, 0.6) is 0 Å². The fourth-order valence-electron chi connectivity index (χ4n) is 3.47. The first kappa shape index (κ1) is 14.9. The van der Waals surface area contributed by atoms with Crippen molar-refractivity contribution in [2.24, 2.45) is 0 Å². The van der Waals surface area contributed by atoms with Crippen molar-refractivity contribution in [2.75, 3.05) is 25.1 Å². The molecule has 21 heavy (non-hydrogen) atoms. The Bertz CT molecular complexity index is 461. The molecule has 3 nitrogen and oxygen atoms in total. The second-order valence-corrected chi connectivity index (χ2v) is 6.76. The van der Waals surface area contributed by atoms with Gasteiger partial charge in [-0.3, -0.25) is 0 Å². The molecule has 1 aromatic rings. The van der Waals surface area contributed by atoms with Crippen LogP contribution in [0.15, 0.2) is 24.3 Å². The molecule has 2 saturated heterocycles. The van der Waals surface area contributed by atoms with Crippen LogP contribution in [0.1, 0.15) is 51.0 Å². The van der Waals surface area contributed by atoms with E-state index < -0.39 is 0 Å². The van der Waals surface area contributed by atoms with Gasteiger partial charge in [0.05, 0.1) is 5.60 Å². The largest absolute Gasteiger partial charge is 0.382 e. The number of ether oxygens (including phenoxy) is 2. The molecule has 2 aliphatic heterocycles. The van der Waals surface area contributed by atoms with Crippen LogP contribution in [0.2, 0.25) is 0 Å². The fraction of sp³-hybridized carbons (Fsp3) is 0.667. The van der Waals surface area contributed by atoms with E-state index >= 15 is 0 Å². The van der Waals surface area contributed by atoms with Gasteiger partial charge in [-0.05, 0) is 49.3 Å². The second kappa shape index (κ2) is 6.37. The lowest BCUT2D eigenvalue weighted by molar-refractivity contribution is -0.135. The summed E-state index contributed by atoms with van der Waals surface area (Å²) in [4.78, 5) is 0. The summed E-state index contributed by atoms with van der Waals surface area (Å²) in [5, 5.41) is 3.73. The lowest BCUT2D eigenvalue weighted by Crippen LogP contribution is -2.47. The van der Waals surface area contributed by atoms with Crippen LogP contribution in [0.4, 0.5) is 5.69 Å². The van der Waals surface area contributed by atoms with Crippen LogP contribution >= 0.6 is 0 Å². The zero-order valence-corrected chi connectivity index (χ0v) is 13.2. The summed E-state index contributed by atoms with van der Waals surface area (Å²) in [5.41, 5.74) is 2.70. The maximum atomic E-state index is 6.12. The van der Waals surface area contributed by atoms with Gasteiger partial charge in [0.1, 0.15) is 0 Å². The smallest absolute Gasteiger partial charge is 0.0745 e. The molecule has 0 amide bonds. The van der Waals surface area contributed by atoms with Crippen molar-refractivity contribution in [2.45, 2.75) is 57.1 Å². The highest BCUT2D eigenvalue weighted by molar-refractivity contribution is 5.47. The summed E-state index contributed by atoms with van der Waals surface area (Å²) in [6.07, 6.45) is 4.27. The monoisotopic (exact) mass is 289 g/mol. The molecule has 0 aliphatic carbocycles. The summed E-state index contributed by atoms with van der Waals surface area (Å²) < 4.78 is 11.6. The number of benzene rings is 1. The molecular formula is C18H27NO2. The summed E-state index contributed by atoms with van der Waals surface area (Å²) >= 11 is 0. The molecule has 3 rings (SSSR count). The van der Waals surface area contributed by atoms with E-state index in [0.717, 1.165) is 45.5 Å². The maximum Gasteiger partial charge on any atom is 0.0745 e. The third-order valence-electron chi connectivity index (χ3n) is 4.82. The van der Waals surface area contributed by atoms with Gasteiger partial charge >= 0.3 is 0 Å². The van der Waals surface area contributed by atoms with Crippen molar-refractivity contribution in [3.05, 3.63) is 29.8 Å². The average molecular weight is 289 g/mol. The van der Waals surface area contributed by atoms with Crippen LogP contribution < -0.4 is 5.32 Å². The third kappa shape index (κ3) is 3.58. The first-order valence-corrected chi connectivity index (χ1v) is 8.25. The lowest BCUT2D eigenvalue weighted by atomic mass is 9.84. The van der Waals surface area contributed by atoms with Gasteiger partial charge in [-0.15, -0.1) is 0 Å². The standard InChI is InChI=1S/C18H27NO2/c1-14(2)15-4-3-5-16(12-15)19-17-6-9-21-18(13-17)7-10-20-11-8-18/h3-5,12,14,17,19H,6-11,13H2,1-2H3. The molecule has 0 bridgehead atoms. The normalized spacial score (nSPS) is 25.2. The highest BCUT2D eigenvalue weighted by Gasteiger charge is 2.38. The number of hydrogen-bond donors (Lipinski definition) is 1. The molecule has 2 aliphatic rings. The van der Waals surface area contributed by atoms with Crippen molar-refractivity contribution in [3.63, 3.8) is 0 Å². The molecule has 2 fully saturated rings. The Morgan fingerprint density at radius 1 is 1.19 bits per heavy atom. The summed E-state index contributed by atoms with van der Waals surface area (Å²) in [5.74, 6) is 0.572. The van der Waals surface area contributed by atoms with Crippen molar-refractivity contribution >= 4 is 5.69 Å². The molecular weight excluding hydrogens is 262 g/mol. The highest BCUT2D eigenvalue weighted by atomic mass is 16.5. The van der Waals surface area contributed by atoms with E-state index in [9.17, 15) is 0 Å². The van der Waals surface area contributed by atoms with Gasteiger partial charge in [0, 0.05) is 31.5 Å². The van der Waals surface area contributed by atoms with Gasteiger partial charge in [0.2, 0.25) is 0 Å². The second-order valence-electron chi connectivity index (χ2n) is 6.76. The molecule has 116 valence electrons. The Hall–Kier alpha value is -1.06. The van der Waals surface area contributed by atoms with E-state index in [0.29, 0.717) is 12.0 Å². The number of hydrogen-bond acceptors (Lipinski definition) is 3. The van der Waals surface area contributed by atoms with Crippen LogP contribution in [0.3, 0.4) is 0 Å². The Morgan fingerprint density at radius 3 is 2.76 bits per heavy atom. The topological polar surface area (TPSA) is 30.5 Å². The van der Waals surface area contributed by atoms with Gasteiger partial charge in [0.15, 0.2) is 0 Å². The van der Waals surface area contributed by atoms with Gasteiger partial charge in [-0.2, -0.15) is 0 Å². The van der Waals surface area contributed by atoms with E-state index in [2.05, 4.69) is 43.4 Å². The van der Waals surface area contributed by atoms with Crippen LogP contribution in [-0.2, 0) is 9.47 Å². The lowest BCUT2D eigenvalue weighted by Gasteiger charge is -2.43. The molecule has 1 spiro atoms. The maximum absolute atomic E-state index is 6.12. The molecule has 0 aromatic heterocycles. The first-order valence-electron chi connectivity index (χ1n) is 8.25. The predicted molar refractivity (Wildman–Crippen MR) is 85.9 cm³/mol. The van der Waals surface area contributed by atoms with Gasteiger partial charge < -0.3 is 14.8 Å². The van der Waals surface area contributed by atoms with Crippen molar-refractivity contribution in [1.82, 2.24) is 0 Å². The summed E-state index contributed by atoms with van der Waals surface area (Å²) in [6, 6.07) is 9.34. The van der Waals surface area contributed by atoms with E-state index in [1.165, 1.54) is 11.3 Å². The van der Waals surface area contributed by atoms with Gasteiger partial charge in [-0.25, -0.2) is 0 Å². The molecule has 0 saturated carbocycles. The predicted octanol–water partition coefficient (Wildman–Crippen LogP) is 3.95. The minimum atomic E-state index is 0.0594. The van der Waals surface area contributed by atoms with Crippen LogP contribution in [0, 0.1) is 0 Å². The Kier molecular flexibility index (Phi) is 4.51. The zero-order valence-electron chi connectivity index (χ0n) is 13.2. The SMILES string of the molecule is CC(C)c1cccc(NC2CCOC3(CCOCC3)C2)c1. The molecule has 1 atom stereocenters. The number of nitrogens with one attached hydrogen (secondary N) is 1. The van der Waals surface area contributed by atoms with Crippen molar-refractivity contribution < 1.29 is 9.47 Å². The van der Waals surface area contributed by atoms with Crippen molar-refractivity contribution in [3.8, 4) is 0 Å². The van der Waals surface area contributed by atoms with E-state index in [4.69, 9.17) is 9.47 Å². The van der Waals surface area contributed by atoms with E-state index in [1.54, 1.807) is 0 Å². The highest BCUT2D eigenvalue weighted by Crippen LogP contribution is 2.35. The molecule has 1 N–H and O–H groups in total. The van der Waals surface area contributed by atoms with Gasteiger partial charge in [-0.1, -0.05) is 26.0 Å². The van der Waals surface area contributed by atoms with Crippen LogP contribution in [0.25, 0.3) is 0 Å².